The number of nitrogens with one attached hydrogen (secondary N) is 1. The first kappa shape index (κ1) is 12.9. The minimum atomic E-state index is -0.169. The summed E-state index contributed by atoms with van der Waals surface area (Å²) < 4.78 is 10.1. The van der Waals surface area contributed by atoms with E-state index in [-0.39, 0.29) is 12.0 Å². The van der Waals surface area contributed by atoms with Gasteiger partial charge < -0.3 is 14.8 Å². The molecule has 1 aromatic carbocycles. The summed E-state index contributed by atoms with van der Waals surface area (Å²) in [5, 5.41) is 3.20. The molecule has 0 amide bonds. The Morgan fingerprint density at radius 2 is 2.17 bits per heavy atom. The lowest BCUT2D eigenvalue weighted by molar-refractivity contribution is -0.142. The van der Waals surface area contributed by atoms with Crippen LogP contribution in [-0.4, -0.2) is 32.8 Å². The SMILES string of the molecule is COC(=O)C1CC(Cc2ccccc2OC)CN1. The fraction of sp³-hybridized carbons (Fsp3) is 0.500. The molecule has 98 valence electrons. The van der Waals surface area contributed by atoms with Crippen molar-refractivity contribution < 1.29 is 14.3 Å². The Kier molecular flexibility index (Phi) is 4.20. The Balaban J connectivity index is 1.97. The molecule has 4 heteroatoms. The molecule has 0 spiro atoms. The molecule has 0 bridgehead atoms. The van der Waals surface area contributed by atoms with Crippen LogP contribution in [0, 0.1) is 5.92 Å². The van der Waals surface area contributed by atoms with Crippen molar-refractivity contribution in [2.75, 3.05) is 20.8 Å². The van der Waals surface area contributed by atoms with Crippen molar-refractivity contribution in [1.29, 1.82) is 0 Å². The molecule has 0 saturated carbocycles. The van der Waals surface area contributed by atoms with E-state index < -0.39 is 0 Å². The molecule has 18 heavy (non-hydrogen) atoms. The van der Waals surface area contributed by atoms with E-state index in [4.69, 9.17) is 9.47 Å². The molecule has 1 aromatic rings. The van der Waals surface area contributed by atoms with Crippen LogP contribution in [0.3, 0.4) is 0 Å². The van der Waals surface area contributed by atoms with E-state index >= 15 is 0 Å². The molecule has 1 saturated heterocycles. The predicted octanol–water partition coefficient (Wildman–Crippen LogP) is 1.39. The molecule has 2 unspecified atom stereocenters. The third-order valence-electron chi connectivity index (χ3n) is 3.41. The van der Waals surface area contributed by atoms with Crippen molar-refractivity contribution in [1.82, 2.24) is 5.32 Å². The lowest BCUT2D eigenvalue weighted by Gasteiger charge is -2.12. The van der Waals surface area contributed by atoms with Gasteiger partial charge in [0.1, 0.15) is 11.8 Å². The first-order chi connectivity index (χ1) is 8.74. The standard InChI is InChI=1S/C14H19NO3/c1-17-13-6-4-3-5-11(13)7-10-8-12(15-9-10)14(16)18-2/h3-6,10,12,15H,7-9H2,1-2H3. The van der Waals surface area contributed by atoms with Crippen LogP contribution in [0.4, 0.5) is 0 Å². The molecule has 2 atom stereocenters. The molecule has 1 N–H and O–H groups in total. The molecule has 1 fully saturated rings. The highest BCUT2D eigenvalue weighted by molar-refractivity contribution is 5.76. The number of esters is 1. The van der Waals surface area contributed by atoms with Crippen LogP contribution in [0.1, 0.15) is 12.0 Å². The number of ether oxygens (including phenoxy) is 2. The van der Waals surface area contributed by atoms with Gasteiger partial charge in [-0.25, -0.2) is 0 Å². The quantitative estimate of drug-likeness (QED) is 0.819. The minimum Gasteiger partial charge on any atom is -0.496 e. The van der Waals surface area contributed by atoms with Gasteiger partial charge in [0.05, 0.1) is 14.2 Å². The van der Waals surface area contributed by atoms with Gasteiger partial charge >= 0.3 is 5.97 Å². The predicted molar refractivity (Wildman–Crippen MR) is 68.6 cm³/mol. The van der Waals surface area contributed by atoms with Crippen LogP contribution in [-0.2, 0) is 16.0 Å². The smallest absolute Gasteiger partial charge is 0.322 e. The zero-order valence-electron chi connectivity index (χ0n) is 10.8. The summed E-state index contributed by atoms with van der Waals surface area (Å²) in [4.78, 5) is 11.4. The molecule has 1 heterocycles. The first-order valence-corrected chi connectivity index (χ1v) is 6.17. The van der Waals surface area contributed by atoms with Crippen LogP contribution >= 0.6 is 0 Å². The number of hydrogen-bond acceptors (Lipinski definition) is 4. The minimum absolute atomic E-state index is 0.158. The van der Waals surface area contributed by atoms with Crippen LogP contribution in [0.15, 0.2) is 24.3 Å². The van der Waals surface area contributed by atoms with Crippen molar-refractivity contribution >= 4 is 5.97 Å². The molecule has 0 aromatic heterocycles. The molecule has 2 rings (SSSR count). The van der Waals surface area contributed by atoms with Crippen LogP contribution in [0.5, 0.6) is 5.75 Å². The molecular formula is C14H19NO3. The Hall–Kier alpha value is -1.55. The monoisotopic (exact) mass is 249 g/mol. The highest BCUT2D eigenvalue weighted by Gasteiger charge is 2.30. The Morgan fingerprint density at radius 1 is 1.39 bits per heavy atom. The molecule has 4 nitrogen and oxygen atoms in total. The van der Waals surface area contributed by atoms with E-state index in [0.717, 1.165) is 25.1 Å². The average molecular weight is 249 g/mol. The van der Waals surface area contributed by atoms with Gasteiger partial charge in [0.15, 0.2) is 0 Å². The molecule has 1 aliphatic rings. The third kappa shape index (κ3) is 2.82. The van der Waals surface area contributed by atoms with Gasteiger partial charge in [-0.1, -0.05) is 18.2 Å². The van der Waals surface area contributed by atoms with Gasteiger partial charge in [-0.05, 0) is 36.9 Å². The summed E-state index contributed by atoms with van der Waals surface area (Å²) in [6.45, 7) is 0.845. The summed E-state index contributed by atoms with van der Waals surface area (Å²) in [6, 6.07) is 7.86. The molecule has 0 aliphatic carbocycles. The summed E-state index contributed by atoms with van der Waals surface area (Å²) in [7, 11) is 3.11. The topological polar surface area (TPSA) is 47.6 Å². The molecule has 0 radical (unpaired) electrons. The molecule has 1 aliphatic heterocycles. The van der Waals surface area contributed by atoms with Crippen molar-refractivity contribution in [3.63, 3.8) is 0 Å². The summed E-state index contributed by atoms with van der Waals surface area (Å²) in [6.07, 6.45) is 1.75. The summed E-state index contributed by atoms with van der Waals surface area (Å²) in [5.74, 6) is 1.20. The number of hydrogen-bond donors (Lipinski definition) is 1. The van der Waals surface area contributed by atoms with Gasteiger partial charge in [0.2, 0.25) is 0 Å². The fourth-order valence-corrected chi connectivity index (χ4v) is 2.47. The van der Waals surface area contributed by atoms with Crippen molar-refractivity contribution in [2.45, 2.75) is 18.9 Å². The van der Waals surface area contributed by atoms with E-state index in [2.05, 4.69) is 11.4 Å². The number of carbonyl (C=O) groups is 1. The van der Waals surface area contributed by atoms with Gasteiger partial charge in [-0.15, -0.1) is 0 Å². The Morgan fingerprint density at radius 3 is 2.89 bits per heavy atom. The second kappa shape index (κ2) is 5.87. The number of rotatable bonds is 4. The van der Waals surface area contributed by atoms with E-state index in [1.165, 1.54) is 12.7 Å². The number of carbonyl (C=O) groups excluding carboxylic acids is 1. The summed E-state index contributed by atoms with van der Waals surface area (Å²) >= 11 is 0. The lowest BCUT2D eigenvalue weighted by atomic mass is 9.96. The zero-order valence-corrected chi connectivity index (χ0v) is 10.8. The van der Waals surface area contributed by atoms with Gasteiger partial charge in [0.25, 0.3) is 0 Å². The van der Waals surface area contributed by atoms with E-state index in [1.807, 2.05) is 18.2 Å². The van der Waals surface area contributed by atoms with Gasteiger partial charge in [-0.2, -0.15) is 0 Å². The highest BCUT2D eigenvalue weighted by atomic mass is 16.5. The lowest BCUT2D eigenvalue weighted by Crippen LogP contribution is -2.31. The maximum atomic E-state index is 11.4. The van der Waals surface area contributed by atoms with Crippen molar-refractivity contribution in [3.8, 4) is 5.75 Å². The van der Waals surface area contributed by atoms with E-state index in [1.54, 1.807) is 7.11 Å². The van der Waals surface area contributed by atoms with Gasteiger partial charge in [-0.3, -0.25) is 4.79 Å². The van der Waals surface area contributed by atoms with Crippen LogP contribution in [0.2, 0.25) is 0 Å². The number of methoxy groups -OCH3 is 2. The van der Waals surface area contributed by atoms with Crippen LogP contribution in [0.25, 0.3) is 0 Å². The maximum absolute atomic E-state index is 11.4. The largest absolute Gasteiger partial charge is 0.496 e. The fourth-order valence-electron chi connectivity index (χ4n) is 2.47. The van der Waals surface area contributed by atoms with Crippen LogP contribution < -0.4 is 10.1 Å². The normalized spacial score (nSPS) is 22.8. The first-order valence-electron chi connectivity index (χ1n) is 6.17. The van der Waals surface area contributed by atoms with E-state index in [0.29, 0.717) is 5.92 Å². The Bertz CT molecular complexity index is 419. The number of benzene rings is 1. The number of para-hydroxylation sites is 1. The zero-order chi connectivity index (χ0) is 13.0. The van der Waals surface area contributed by atoms with Crippen molar-refractivity contribution in [2.24, 2.45) is 5.92 Å². The Labute approximate surface area is 107 Å². The van der Waals surface area contributed by atoms with Gasteiger partial charge in [0, 0.05) is 0 Å². The second-order valence-electron chi connectivity index (χ2n) is 4.60. The second-order valence-corrected chi connectivity index (χ2v) is 4.60. The molecular weight excluding hydrogens is 230 g/mol. The average Bonchev–Trinajstić information content (AvgIpc) is 2.87. The maximum Gasteiger partial charge on any atom is 0.322 e. The van der Waals surface area contributed by atoms with Crippen molar-refractivity contribution in [3.05, 3.63) is 29.8 Å². The van der Waals surface area contributed by atoms with E-state index in [9.17, 15) is 4.79 Å². The summed E-state index contributed by atoms with van der Waals surface area (Å²) in [5.41, 5.74) is 1.19. The highest BCUT2D eigenvalue weighted by Crippen LogP contribution is 2.25. The third-order valence-corrected chi connectivity index (χ3v) is 3.41.